The van der Waals surface area contributed by atoms with Crippen LogP contribution in [-0.2, 0) is 4.79 Å². The predicted molar refractivity (Wildman–Crippen MR) is 84.8 cm³/mol. The van der Waals surface area contributed by atoms with Crippen LogP contribution in [0.25, 0.3) is 0 Å². The number of pyridine rings is 1. The van der Waals surface area contributed by atoms with E-state index in [2.05, 4.69) is 59.6 Å². The minimum atomic E-state index is 0.149. The number of halogens is 1. The molecule has 5 heteroatoms. The number of nitrogens with zero attached hydrogens (tertiary/aromatic N) is 3. The van der Waals surface area contributed by atoms with E-state index < -0.39 is 0 Å². The number of carbonyl (C=O) groups is 1. The number of hydrogen-bond donors (Lipinski definition) is 0. The maximum absolute atomic E-state index is 11.9. The fourth-order valence-corrected chi connectivity index (χ4v) is 3.61. The van der Waals surface area contributed by atoms with Crippen molar-refractivity contribution in [3.8, 4) is 0 Å². The Hall–Kier alpha value is -1.10. The first-order valence-corrected chi connectivity index (χ1v) is 7.81. The Labute approximate surface area is 129 Å². The van der Waals surface area contributed by atoms with Gasteiger partial charge in [-0.05, 0) is 49.7 Å². The van der Waals surface area contributed by atoms with Gasteiger partial charge in [0.05, 0.1) is 11.9 Å². The molecule has 1 aromatic heterocycles. The van der Waals surface area contributed by atoms with Gasteiger partial charge in [0.1, 0.15) is 0 Å². The van der Waals surface area contributed by atoms with Crippen molar-refractivity contribution in [2.75, 3.05) is 4.90 Å². The smallest absolute Gasteiger partial charge is 0.220 e. The van der Waals surface area contributed by atoms with Gasteiger partial charge in [-0.15, -0.1) is 0 Å². The average molecular weight is 340 g/mol. The van der Waals surface area contributed by atoms with Crippen molar-refractivity contribution >= 4 is 27.5 Å². The molecule has 1 aliphatic heterocycles. The van der Waals surface area contributed by atoms with Gasteiger partial charge in [0.15, 0.2) is 0 Å². The van der Waals surface area contributed by atoms with Crippen molar-refractivity contribution in [2.45, 2.75) is 58.8 Å². The number of hydrogen-bond acceptors (Lipinski definition) is 3. The molecule has 1 fully saturated rings. The molecule has 0 spiro atoms. The standard InChI is InChI=1S/C15H22BrN3O/c1-9-11(3)19(15-6-14(16)7-17-8-15)12(4)10(2)18(9)13(5)20/h6-12H,1-5H3. The van der Waals surface area contributed by atoms with Crippen LogP contribution in [-0.4, -0.2) is 40.0 Å². The van der Waals surface area contributed by atoms with Crippen LogP contribution >= 0.6 is 15.9 Å². The van der Waals surface area contributed by atoms with Crippen LogP contribution < -0.4 is 4.90 Å². The molecule has 4 unspecified atom stereocenters. The Kier molecular flexibility index (Phi) is 4.37. The summed E-state index contributed by atoms with van der Waals surface area (Å²) in [6, 6.07) is 2.95. The minimum Gasteiger partial charge on any atom is -0.361 e. The highest BCUT2D eigenvalue weighted by molar-refractivity contribution is 9.10. The van der Waals surface area contributed by atoms with Crippen LogP contribution in [0.3, 0.4) is 0 Å². The van der Waals surface area contributed by atoms with E-state index in [0.717, 1.165) is 10.2 Å². The second kappa shape index (κ2) is 5.72. The lowest BCUT2D eigenvalue weighted by Gasteiger charge is -2.53. The molecule has 1 aromatic rings. The summed E-state index contributed by atoms with van der Waals surface area (Å²) < 4.78 is 0.976. The van der Waals surface area contributed by atoms with Gasteiger partial charge in [-0.3, -0.25) is 9.78 Å². The van der Waals surface area contributed by atoms with E-state index >= 15 is 0 Å². The number of carbonyl (C=O) groups excluding carboxylic acids is 1. The Bertz CT molecular complexity index is 492. The molecule has 2 heterocycles. The third kappa shape index (κ3) is 2.55. The largest absolute Gasteiger partial charge is 0.361 e. The van der Waals surface area contributed by atoms with Gasteiger partial charge in [-0.1, -0.05) is 0 Å². The van der Waals surface area contributed by atoms with Crippen LogP contribution in [0.4, 0.5) is 5.69 Å². The second-order valence-corrected chi connectivity index (χ2v) is 6.57. The fraction of sp³-hybridized carbons (Fsp3) is 0.600. The topological polar surface area (TPSA) is 36.4 Å². The first-order valence-electron chi connectivity index (χ1n) is 7.02. The van der Waals surface area contributed by atoms with Gasteiger partial charge in [0, 0.05) is 41.8 Å². The lowest BCUT2D eigenvalue weighted by molar-refractivity contribution is -0.135. The maximum atomic E-state index is 11.9. The molecule has 0 N–H and O–H groups in total. The summed E-state index contributed by atoms with van der Waals surface area (Å²) in [7, 11) is 0. The Morgan fingerprint density at radius 3 is 2.10 bits per heavy atom. The van der Waals surface area contributed by atoms with Crippen LogP contribution in [0, 0.1) is 0 Å². The van der Waals surface area contributed by atoms with Crippen molar-refractivity contribution in [3.05, 3.63) is 22.9 Å². The number of anilines is 1. The number of aromatic nitrogens is 1. The summed E-state index contributed by atoms with van der Waals surface area (Å²) in [5, 5.41) is 0. The average Bonchev–Trinajstić information content (AvgIpc) is 2.37. The molecule has 1 saturated heterocycles. The zero-order valence-electron chi connectivity index (χ0n) is 12.7. The van der Waals surface area contributed by atoms with Crippen molar-refractivity contribution in [3.63, 3.8) is 0 Å². The van der Waals surface area contributed by atoms with E-state index in [9.17, 15) is 4.79 Å². The van der Waals surface area contributed by atoms with Crippen molar-refractivity contribution in [1.82, 2.24) is 9.88 Å². The van der Waals surface area contributed by atoms with E-state index in [-0.39, 0.29) is 30.1 Å². The zero-order valence-corrected chi connectivity index (χ0v) is 14.3. The summed E-state index contributed by atoms with van der Waals surface area (Å²) in [4.78, 5) is 20.5. The van der Waals surface area contributed by atoms with Crippen LogP contribution in [0.5, 0.6) is 0 Å². The van der Waals surface area contributed by atoms with Crippen LogP contribution in [0.2, 0.25) is 0 Å². The molecule has 20 heavy (non-hydrogen) atoms. The van der Waals surface area contributed by atoms with Crippen LogP contribution in [0.15, 0.2) is 22.9 Å². The minimum absolute atomic E-state index is 0.149. The van der Waals surface area contributed by atoms with Crippen molar-refractivity contribution in [2.24, 2.45) is 0 Å². The number of piperazine rings is 1. The Balaban J connectivity index is 2.38. The van der Waals surface area contributed by atoms with Crippen LogP contribution in [0.1, 0.15) is 34.6 Å². The number of rotatable bonds is 1. The summed E-state index contributed by atoms with van der Waals surface area (Å²) in [6.07, 6.45) is 3.68. The summed E-state index contributed by atoms with van der Waals surface area (Å²) in [6.45, 7) is 10.2. The predicted octanol–water partition coefficient (Wildman–Crippen LogP) is 3.07. The van der Waals surface area contributed by atoms with E-state index in [1.165, 1.54) is 0 Å². The van der Waals surface area contributed by atoms with Crippen molar-refractivity contribution < 1.29 is 4.79 Å². The van der Waals surface area contributed by atoms with Gasteiger partial charge in [-0.25, -0.2) is 0 Å². The molecular formula is C15H22BrN3O. The van der Waals surface area contributed by atoms with E-state index in [1.807, 2.05) is 11.1 Å². The zero-order chi connectivity index (χ0) is 15.0. The molecule has 0 aliphatic carbocycles. The third-order valence-corrected chi connectivity index (χ3v) is 4.94. The quantitative estimate of drug-likeness (QED) is 0.788. The Morgan fingerprint density at radius 1 is 1.10 bits per heavy atom. The molecule has 110 valence electrons. The van der Waals surface area contributed by atoms with E-state index in [1.54, 1.807) is 13.1 Å². The molecule has 0 aromatic carbocycles. The fourth-order valence-electron chi connectivity index (χ4n) is 3.26. The van der Waals surface area contributed by atoms with Gasteiger partial charge >= 0.3 is 0 Å². The summed E-state index contributed by atoms with van der Waals surface area (Å²) in [5.41, 5.74) is 1.10. The lowest BCUT2D eigenvalue weighted by atomic mass is 9.94. The molecule has 1 aliphatic rings. The highest BCUT2D eigenvalue weighted by Gasteiger charge is 2.41. The summed E-state index contributed by atoms with van der Waals surface area (Å²) in [5.74, 6) is 0.149. The first kappa shape index (κ1) is 15.3. The Morgan fingerprint density at radius 2 is 1.65 bits per heavy atom. The molecular weight excluding hydrogens is 318 g/mol. The molecule has 2 rings (SSSR count). The molecule has 0 saturated carbocycles. The third-order valence-electron chi connectivity index (χ3n) is 4.50. The second-order valence-electron chi connectivity index (χ2n) is 5.66. The normalized spacial score (nSPS) is 30.5. The lowest BCUT2D eigenvalue weighted by Crippen LogP contribution is -2.66. The SMILES string of the molecule is CC(=O)N1C(C)C(C)N(c2cncc(Br)c2)C(C)C1C. The highest BCUT2D eigenvalue weighted by Crippen LogP contribution is 2.32. The highest BCUT2D eigenvalue weighted by atomic mass is 79.9. The molecule has 0 radical (unpaired) electrons. The van der Waals surface area contributed by atoms with Gasteiger partial charge < -0.3 is 9.80 Å². The van der Waals surface area contributed by atoms with E-state index in [0.29, 0.717) is 0 Å². The first-order chi connectivity index (χ1) is 9.34. The van der Waals surface area contributed by atoms with E-state index in [4.69, 9.17) is 0 Å². The van der Waals surface area contributed by atoms with Gasteiger partial charge in [-0.2, -0.15) is 0 Å². The monoisotopic (exact) mass is 339 g/mol. The van der Waals surface area contributed by atoms with Gasteiger partial charge in [0.25, 0.3) is 0 Å². The molecule has 4 atom stereocenters. The molecule has 1 amide bonds. The molecule has 0 bridgehead atoms. The van der Waals surface area contributed by atoms with Crippen molar-refractivity contribution in [1.29, 1.82) is 0 Å². The number of amides is 1. The molecule has 4 nitrogen and oxygen atoms in total. The summed E-state index contributed by atoms with van der Waals surface area (Å²) >= 11 is 3.48. The van der Waals surface area contributed by atoms with Gasteiger partial charge in [0.2, 0.25) is 5.91 Å². The maximum Gasteiger partial charge on any atom is 0.220 e.